The standard InChI is InChI=1S/C11H22N2O3S2/c14-8-10-3-1-5-13(7-10)18(15,16)12-11-4-2-6-17-9-11/h10-12,14H,1-9H2. The number of aliphatic hydroxyl groups is 1. The van der Waals surface area contributed by atoms with E-state index in [4.69, 9.17) is 5.11 Å². The summed E-state index contributed by atoms with van der Waals surface area (Å²) in [7, 11) is -3.37. The maximum Gasteiger partial charge on any atom is 0.279 e. The fourth-order valence-corrected chi connectivity index (χ4v) is 5.24. The van der Waals surface area contributed by atoms with Crippen molar-refractivity contribution in [3.05, 3.63) is 0 Å². The van der Waals surface area contributed by atoms with Gasteiger partial charge in [0.25, 0.3) is 10.2 Å². The van der Waals surface area contributed by atoms with Crippen molar-refractivity contribution in [1.29, 1.82) is 0 Å². The maximum atomic E-state index is 12.2. The number of thioether (sulfide) groups is 1. The van der Waals surface area contributed by atoms with E-state index in [1.165, 1.54) is 4.31 Å². The molecule has 2 heterocycles. The van der Waals surface area contributed by atoms with Gasteiger partial charge in [-0.2, -0.15) is 29.2 Å². The summed E-state index contributed by atoms with van der Waals surface area (Å²) in [5.41, 5.74) is 0. The number of nitrogens with one attached hydrogen (secondary N) is 1. The normalized spacial score (nSPS) is 31.4. The lowest BCUT2D eigenvalue weighted by Crippen LogP contribution is -2.50. The van der Waals surface area contributed by atoms with E-state index < -0.39 is 10.2 Å². The molecule has 0 saturated carbocycles. The van der Waals surface area contributed by atoms with Gasteiger partial charge in [-0.25, -0.2) is 0 Å². The van der Waals surface area contributed by atoms with Crippen LogP contribution in [0.25, 0.3) is 0 Å². The Kier molecular flexibility index (Phi) is 5.32. The molecule has 2 N–H and O–H groups in total. The average Bonchev–Trinajstić information content (AvgIpc) is 2.39. The summed E-state index contributed by atoms with van der Waals surface area (Å²) in [5.74, 6) is 2.10. The lowest BCUT2D eigenvalue weighted by Gasteiger charge is -2.33. The molecule has 2 unspecified atom stereocenters. The molecule has 2 aliphatic rings. The van der Waals surface area contributed by atoms with E-state index >= 15 is 0 Å². The van der Waals surface area contributed by atoms with E-state index in [1.54, 1.807) is 0 Å². The van der Waals surface area contributed by atoms with Gasteiger partial charge in [-0.3, -0.25) is 0 Å². The Hall–Kier alpha value is 0.180. The number of hydrogen-bond donors (Lipinski definition) is 2. The molecule has 18 heavy (non-hydrogen) atoms. The first-order valence-electron chi connectivity index (χ1n) is 6.58. The molecule has 5 nitrogen and oxygen atoms in total. The molecule has 2 atom stereocenters. The van der Waals surface area contributed by atoms with Crippen LogP contribution in [0.4, 0.5) is 0 Å². The largest absolute Gasteiger partial charge is 0.396 e. The fourth-order valence-electron chi connectivity index (χ4n) is 2.51. The molecular weight excluding hydrogens is 272 g/mol. The third kappa shape index (κ3) is 3.84. The molecular formula is C11H22N2O3S2. The Balaban J connectivity index is 1.92. The van der Waals surface area contributed by atoms with Gasteiger partial charge in [-0.1, -0.05) is 0 Å². The molecule has 0 aromatic heterocycles. The molecule has 0 bridgehead atoms. The van der Waals surface area contributed by atoms with E-state index in [0.717, 1.165) is 37.2 Å². The second kappa shape index (κ2) is 6.56. The van der Waals surface area contributed by atoms with Gasteiger partial charge >= 0.3 is 0 Å². The summed E-state index contributed by atoms with van der Waals surface area (Å²) >= 11 is 1.81. The molecule has 7 heteroatoms. The zero-order valence-corrected chi connectivity index (χ0v) is 12.2. The van der Waals surface area contributed by atoms with Gasteiger partial charge in [0.15, 0.2) is 0 Å². The Morgan fingerprint density at radius 2 is 2.17 bits per heavy atom. The minimum atomic E-state index is -3.37. The predicted octanol–water partition coefficient (Wildman–Crippen LogP) is 0.421. The van der Waals surface area contributed by atoms with Crippen molar-refractivity contribution >= 4 is 22.0 Å². The van der Waals surface area contributed by atoms with Crippen LogP contribution in [0.15, 0.2) is 0 Å². The van der Waals surface area contributed by atoms with Gasteiger partial charge in [-0.05, 0) is 37.4 Å². The topological polar surface area (TPSA) is 69.6 Å². The smallest absolute Gasteiger partial charge is 0.279 e. The van der Waals surface area contributed by atoms with Gasteiger partial charge in [0.05, 0.1) is 0 Å². The van der Waals surface area contributed by atoms with E-state index in [9.17, 15) is 8.42 Å². The predicted molar refractivity (Wildman–Crippen MR) is 73.8 cm³/mol. The first-order chi connectivity index (χ1) is 8.62. The van der Waals surface area contributed by atoms with Crippen molar-refractivity contribution in [1.82, 2.24) is 9.03 Å². The summed E-state index contributed by atoms with van der Waals surface area (Å²) in [5, 5.41) is 9.15. The first-order valence-corrected chi connectivity index (χ1v) is 9.17. The summed E-state index contributed by atoms with van der Waals surface area (Å²) in [6, 6.07) is 0.0725. The Morgan fingerprint density at radius 1 is 1.33 bits per heavy atom. The number of nitrogens with zero attached hydrogens (tertiary/aromatic N) is 1. The van der Waals surface area contributed by atoms with Crippen LogP contribution in [-0.4, -0.2) is 55.1 Å². The van der Waals surface area contributed by atoms with Gasteiger partial charge in [0.2, 0.25) is 0 Å². The monoisotopic (exact) mass is 294 g/mol. The third-order valence-electron chi connectivity index (χ3n) is 3.56. The van der Waals surface area contributed by atoms with Crippen molar-refractivity contribution in [3.63, 3.8) is 0 Å². The summed E-state index contributed by atoms with van der Waals surface area (Å²) < 4.78 is 28.8. The molecule has 2 rings (SSSR count). The van der Waals surface area contributed by atoms with Crippen LogP contribution in [-0.2, 0) is 10.2 Å². The zero-order chi connectivity index (χ0) is 13.0. The highest BCUT2D eigenvalue weighted by atomic mass is 32.2. The van der Waals surface area contributed by atoms with Crippen LogP contribution < -0.4 is 4.72 Å². The molecule has 0 amide bonds. The van der Waals surface area contributed by atoms with Crippen LogP contribution in [0.1, 0.15) is 25.7 Å². The SMILES string of the molecule is O=S(=O)(NC1CCCSC1)N1CCCC(CO)C1. The van der Waals surface area contributed by atoms with Gasteiger partial charge in [0, 0.05) is 31.5 Å². The molecule has 0 aromatic carbocycles. The lowest BCUT2D eigenvalue weighted by molar-refractivity contribution is 0.164. The van der Waals surface area contributed by atoms with E-state index in [-0.39, 0.29) is 18.6 Å². The second-order valence-corrected chi connectivity index (χ2v) is 7.94. The summed E-state index contributed by atoms with van der Waals surface area (Å²) in [6.07, 6.45) is 3.77. The summed E-state index contributed by atoms with van der Waals surface area (Å²) in [4.78, 5) is 0. The van der Waals surface area contributed by atoms with Crippen molar-refractivity contribution in [2.24, 2.45) is 5.92 Å². The minimum absolute atomic E-state index is 0.0725. The van der Waals surface area contributed by atoms with Crippen LogP contribution in [0.2, 0.25) is 0 Å². The Morgan fingerprint density at radius 3 is 2.83 bits per heavy atom. The van der Waals surface area contributed by atoms with Gasteiger partial charge < -0.3 is 5.11 Å². The maximum absolute atomic E-state index is 12.2. The molecule has 0 spiro atoms. The van der Waals surface area contributed by atoms with E-state index in [2.05, 4.69) is 4.72 Å². The number of piperidine rings is 1. The van der Waals surface area contributed by atoms with Crippen molar-refractivity contribution < 1.29 is 13.5 Å². The zero-order valence-electron chi connectivity index (χ0n) is 10.5. The first kappa shape index (κ1) is 14.6. The van der Waals surface area contributed by atoms with Crippen molar-refractivity contribution in [2.45, 2.75) is 31.7 Å². The van der Waals surface area contributed by atoms with E-state index in [1.807, 2.05) is 11.8 Å². The minimum Gasteiger partial charge on any atom is -0.396 e. The molecule has 106 valence electrons. The average molecular weight is 294 g/mol. The van der Waals surface area contributed by atoms with Gasteiger partial charge in [0.1, 0.15) is 0 Å². The summed E-state index contributed by atoms with van der Waals surface area (Å²) in [6.45, 7) is 1.10. The Labute approximate surface area is 114 Å². The van der Waals surface area contributed by atoms with Crippen molar-refractivity contribution in [3.8, 4) is 0 Å². The Bertz CT molecular complexity index is 355. The van der Waals surface area contributed by atoms with E-state index in [0.29, 0.717) is 13.1 Å². The van der Waals surface area contributed by atoms with Crippen LogP contribution in [0.5, 0.6) is 0 Å². The quantitative estimate of drug-likeness (QED) is 0.788. The molecule has 2 aliphatic heterocycles. The van der Waals surface area contributed by atoms with Crippen LogP contribution >= 0.6 is 11.8 Å². The number of aliphatic hydroxyl groups excluding tert-OH is 1. The van der Waals surface area contributed by atoms with Crippen LogP contribution in [0.3, 0.4) is 0 Å². The number of rotatable bonds is 4. The third-order valence-corrected chi connectivity index (χ3v) is 6.41. The van der Waals surface area contributed by atoms with Crippen molar-refractivity contribution in [2.75, 3.05) is 31.2 Å². The lowest BCUT2D eigenvalue weighted by atomic mass is 10.0. The van der Waals surface area contributed by atoms with Crippen LogP contribution in [0, 0.1) is 5.92 Å². The molecule has 0 aromatic rings. The van der Waals surface area contributed by atoms with Gasteiger partial charge in [-0.15, -0.1) is 0 Å². The molecule has 2 saturated heterocycles. The highest BCUT2D eigenvalue weighted by Gasteiger charge is 2.30. The second-order valence-electron chi connectivity index (χ2n) is 5.09. The number of hydrogen-bond acceptors (Lipinski definition) is 4. The molecule has 0 aliphatic carbocycles. The highest BCUT2D eigenvalue weighted by molar-refractivity contribution is 7.99. The highest BCUT2D eigenvalue weighted by Crippen LogP contribution is 2.21. The molecule has 2 fully saturated rings. The fraction of sp³-hybridized carbons (Fsp3) is 1.00. The molecule has 0 radical (unpaired) electrons.